The molecule has 8 heteroatoms. The highest BCUT2D eigenvalue weighted by molar-refractivity contribution is 7.91. The number of H-pyrrole nitrogens is 1. The highest BCUT2D eigenvalue weighted by Crippen LogP contribution is 2.29. The summed E-state index contributed by atoms with van der Waals surface area (Å²) in [5.74, 6) is 0.271. The average Bonchev–Trinajstić information content (AvgIpc) is 3.33. The summed E-state index contributed by atoms with van der Waals surface area (Å²) in [6.07, 6.45) is 4.58. The Hall–Kier alpha value is -2.61. The Morgan fingerprint density at radius 2 is 2.10 bits per heavy atom. The first kappa shape index (κ1) is 19.7. The summed E-state index contributed by atoms with van der Waals surface area (Å²) in [5, 5.41) is 8.68. The molecule has 154 valence electrons. The monoisotopic (exact) mass is 414 g/mol. The normalized spacial score (nSPS) is 18.3. The van der Waals surface area contributed by atoms with Crippen molar-refractivity contribution < 1.29 is 13.2 Å². The second-order valence-corrected chi connectivity index (χ2v) is 10.0. The van der Waals surface area contributed by atoms with E-state index >= 15 is 0 Å². The number of nitrogens with zero attached hydrogens (tertiary/aromatic N) is 2. The summed E-state index contributed by atoms with van der Waals surface area (Å²) < 4.78 is 25.3. The lowest BCUT2D eigenvalue weighted by Gasteiger charge is -2.11. The SMILES string of the molecule is Cc1nn(C2CCS(=O)(=O)C2)c(C)c1NC(=O)CCCc1c[nH]c2ccccc12. The summed E-state index contributed by atoms with van der Waals surface area (Å²) in [4.78, 5) is 15.8. The van der Waals surface area contributed by atoms with E-state index in [4.69, 9.17) is 0 Å². The van der Waals surface area contributed by atoms with E-state index in [2.05, 4.69) is 21.5 Å². The highest BCUT2D eigenvalue weighted by Gasteiger charge is 2.31. The van der Waals surface area contributed by atoms with E-state index in [-0.39, 0.29) is 23.5 Å². The fourth-order valence-electron chi connectivity index (χ4n) is 4.15. The molecule has 0 radical (unpaired) electrons. The predicted octanol–water partition coefficient (Wildman–Crippen LogP) is 3.30. The molecule has 1 atom stereocenters. The Labute approximate surface area is 170 Å². The number of aryl methyl sites for hydroxylation is 2. The molecule has 0 spiro atoms. The van der Waals surface area contributed by atoms with Crippen LogP contribution in [-0.4, -0.2) is 40.6 Å². The predicted molar refractivity (Wildman–Crippen MR) is 114 cm³/mol. The molecule has 1 amide bonds. The van der Waals surface area contributed by atoms with Gasteiger partial charge in [-0.05, 0) is 44.7 Å². The van der Waals surface area contributed by atoms with Crippen LogP contribution in [0.2, 0.25) is 0 Å². The lowest BCUT2D eigenvalue weighted by molar-refractivity contribution is -0.116. The molecule has 7 nitrogen and oxygen atoms in total. The second kappa shape index (κ2) is 7.67. The number of amides is 1. The first-order valence-electron chi connectivity index (χ1n) is 9.95. The molecule has 3 aromatic rings. The first-order chi connectivity index (χ1) is 13.8. The molecule has 1 saturated heterocycles. The van der Waals surface area contributed by atoms with Gasteiger partial charge in [0.05, 0.1) is 34.6 Å². The molecule has 1 aliphatic rings. The van der Waals surface area contributed by atoms with Gasteiger partial charge in [0.2, 0.25) is 5.91 Å². The molecule has 2 aromatic heterocycles. The Kier molecular flexibility index (Phi) is 5.21. The number of carbonyl (C=O) groups excluding carboxylic acids is 1. The van der Waals surface area contributed by atoms with Gasteiger partial charge in [-0.1, -0.05) is 18.2 Å². The number of para-hydroxylation sites is 1. The molecular weight excluding hydrogens is 388 g/mol. The topological polar surface area (TPSA) is 96.8 Å². The summed E-state index contributed by atoms with van der Waals surface area (Å²) >= 11 is 0. The van der Waals surface area contributed by atoms with Crippen molar-refractivity contribution in [3.05, 3.63) is 47.4 Å². The molecular formula is C21H26N4O3S. The van der Waals surface area contributed by atoms with Gasteiger partial charge >= 0.3 is 0 Å². The van der Waals surface area contributed by atoms with Gasteiger partial charge in [-0.2, -0.15) is 5.10 Å². The van der Waals surface area contributed by atoms with E-state index in [0.717, 1.165) is 29.7 Å². The first-order valence-corrected chi connectivity index (χ1v) is 11.8. The van der Waals surface area contributed by atoms with Crippen molar-refractivity contribution in [2.75, 3.05) is 16.8 Å². The standard InChI is InChI=1S/C21H26N4O3S/c1-14-21(15(2)25(24-14)17-10-11-29(27,28)13-17)23-20(26)9-5-6-16-12-22-19-8-4-3-7-18(16)19/h3-4,7-8,12,17,22H,5-6,9-11,13H2,1-2H3,(H,23,26). The zero-order chi connectivity index (χ0) is 20.6. The molecule has 1 fully saturated rings. The minimum Gasteiger partial charge on any atom is -0.361 e. The van der Waals surface area contributed by atoms with Crippen molar-refractivity contribution in [3.8, 4) is 0 Å². The van der Waals surface area contributed by atoms with Crippen LogP contribution < -0.4 is 5.32 Å². The van der Waals surface area contributed by atoms with Crippen LogP contribution in [0.15, 0.2) is 30.5 Å². The lowest BCUT2D eigenvalue weighted by atomic mass is 10.1. The van der Waals surface area contributed by atoms with Crippen LogP contribution in [0.5, 0.6) is 0 Å². The number of hydrogen-bond acceptors (Lipinski definition) is 4. The molecule has 0 saturated carbocycles. The number of carbonyl (C=O) groups is 1. The van der Waals surface area contributed by atoms with E-state index in [1.165, 1.54) is 10.9 Å². The maximum Gasteiger partial charge on any atom is 0.224 e. The van der Waals surface area contributed by atoms with Gasteiger partial charge in [0, 0.05) is 23.5 Å². The third kappa shape index (κ3) is 4.07. The number of aromatic amines is 1. The van der Waals surface area contributed by atoms with Crippen LogP contribution in [0.3, 0.4) is 0 Å². The van der Waals surface area contributed by atoms with Crippen LogP contribution in [0.1, 0.15) is 42.3 Å². The van der Waals surface area contributed by atoms with Crippen molar-refractivity contribution in [1.82, 2.24) is 14.8 Å². The molecule has 3 heterocycles. The number of nitrogens with one attached hydrogen (secondary N) is 2. The van der Waals surface area contributed by atoms with Crippen LogP contribution in [0, 0.1) is 13.8 Å². The van der Waals surface area contributed by atoms with E-state index in [0.29, 0.717) is 18.5 Å². The number of sulfone groups is 1. The zero-order valence-corrected chi connectivity index (χ0v) is 17.6. The largest absolute Gasteiger partial charge is 0.361 e. The van der Waals surface area contributed by atoms with Crippen molar-refractivity contribution in [2.24, 2.45) is 0 Å². The number of anilines is 1. The molecule has 4 rings (SSSR count). The Morgan fingerprint density at radius 1 is 1.31 bits per heavy atom. The van der Waals surface area contributed by atoms with Crippen LogP contribution >= 0.6 is 0 Å². The Balaban J connectivity index is 1.37. The van der Waals surface area contributed by atoms with Crippen molar-refractivity contribution in [2.45, 2.75) is 45.6 Å². The van der Waals surface area contributed by atoms with Crippen molar-refractivity contribution in [1.29, 1.82) is 0 Å². The van der Waals surface area contributed by atoms with E-state index < -0.39 is 9.84 Å². The molecule has 1 aliphatic heterocycles. The number of hydrogen-bond donors (Lipinski definition) is 2. The van der Waals surface area contributed by atoms with Crippen molar-refractivity contribution >= 4 is 32.3 Å². The van der Waals surface area contributed by atoms with Gasteiger partial charge in [-0.15, -0.1) is 0 Å². The lowest BCUT2D eigenvalue weighted by Crippen LogP contribution is -2.15. The van der Waals surface area contributed by atoms with Gasteiger partial charge < -0.3 is 10.3 Å². The van der Waals surface area contributed by atoms with E-state index in [1.807, 2.05) is 38.2 Å². The minimum absolute atomic E-state index is 0.0466. The van der Waals surface area contributed by atoms with Gasteiger partial charge in [-0.3, -0.25) is 9.48 Å². The third-order valence-electron chi connectivity index (χ3n) is 5.67. The number of fused-ring (bicyclic) bond motifs is 1. The highest BCUT2D eigenvalue weighted by atomic mass is 32.2. The number of benzene rings is 1. The van der Waals surface area contributed by atoms with Crippen LogP contribution in [-0.2, 0) is 21.1 Å². The maximum absolute atomic E-state index is 12.5. The fourth-order valence-corrected chi connectivity index (χ4v) is 5.84. The molecule has 29 heavy (non-hydrogen) atoms. The van der Waals surface area contributed by atoms with Gasteiger partial charge in [0.25, 0.3) is 0 Å². The third-order valence-corrected chi connectivity index (χ3v) is 7.42. The minimum atomic E-state index is -2.99. The van der Waals surface area contributed by atoms with Gasteiger partial charge in [-0.25, -0.2) is 8.42 Å². The average molecular weight is 415 g/mol. The summed E-state index contributed by atoms with van der Waals surface area (Å²) in [6, 6.07) is 8.01. The summed E-state index contributed by atoms with van der Waals surface area (Å²) in [5.41, 5.74) is 4.56. The molecule has 0 bridgehead atoms. The smallest absolute Gasteiger partial charge is 0.224 e. The van der Waals surface area contributed by atoms with Crippen LogP contribution in [0.25, 0.3) is 10.9 Å². The molecule has 1 unspecified atom stereocenters. The molecule has 1 aromatic carbocycles. The van der Waals surface area contributed by atoms with Crippen molar-refractivity contribution in [3.63, 3.8) is 0 Å². The molecule has 0 aliphatic carbocycles. The molecule has 2 N–H and O–H groups in total. The Bertz CT molecular complexity index is 1160. The second-order valence-electron chi connectivity index (χ2n) is 7.81. The van der Waals surface area contributed by atoms with Gasteiger partial charge in [0.1, 0.15) is 0 Å². The summed E-state index contributed by atoms with van der Waals surface area (Å²) in [7, 11) is -2.99. The van der Waals surface area contributed by atoms with Crippen LogP contribution in [0.4, 0.5) is 5.69 Å². The number of rotatable bonds is 6. The van der Waals surface area contributed by atoms with E-state index in [1.54, 1.807) is 4.68 Å². The fraction of sp³-hybridized carbons (Fsp3) is 0.429. The Morgan fingerprint density at radius 3 is 2.86 bits per heavy atom. The van der Waals surface area contributed by atoms with Gasteiger partial charge in [0.15, 0.2) is 9.84 Å². The number of aromatic nitrogens is 3. The summed E-state index contributed by atoms with van der Waals surface area (Å²) in [6.45, 7) is 3.72. The maximum atomic E-state index is 12.5. The quantitative estimate of drug-likeness (QED) is 0.647. The zero-order valence-electron chi connectivity index (χ0n) is 16.7. The van der Waals surface area contributed by atoms with E-state index in [9.17, 15) is 13.2 Å².